The highest BCUT2D eigenvalue weighted by Crippen LogP contribution is 2.29. The summed E-state index contributed by atoms with van der Waals surface area (Å²) in [6, 6.07) is 6.96. The highest BCUT2D eigenvalue weighted by atomic mass is 32.1. The van der Waals surface area contributed by atoms with Gasteiger partial charge in [0.1, 0.15) is 0 Å². The molecule has 2 rings (SSSR count). The number of rotatable bonds is 5. The number of hydrogen-bond donors (Lipinski definition) is 1. The molecule has 1 aromatic heterocycles. The number of nitrogens with zero attached hydrogens (tertiary/aromatic N) is 1. The lowest BCUT2D eigenvalue weighted by atomic mass is 9.98. The zero-order valence-corrected chi connectivity index (χ0v) is 13.0. The zero-order valence-electron chi connectivity index (χ0n) is 12.2. The van der Waals surface area contributed by atoms with Crippen LogP contribution in [0.5, 0.6) is 0 Å². The Labute approximate surface area is 119 Å². The summed E-state index contributed by atoms with van der Waals surface area (Å²) in [4.78, 5) is 5.70. The molecule has 0 aliphatic carbocycles. The Morgan fingerprint density at radius 1 is 1.26 bits per heavy atom. The summed E-state index contributed by atoms with van der Waals surface area (Å²) in [6.07, 6.45) is 3.14. The molecular weight excluding hydrogens is 252 g/mol. The third-order valence-electron chi connectivity index (χ3n) is 3.26. The lowest BCUT2D eigenvalue weighted by molar-refractivity contribution is 0.602. The molecule has 0 saturated carbocycles. The lowest BCUT2D eigenvalue weighted by Gasteiger charge is -2.19. The van der Waals surface area contributed by atoms with Crippen molar-refractivity contribution in [1.82, 2.24) is 10.3 Å². The van der Waals surface area contributed by atoms with Gasteiger partial charge in [-0.2, -0.15) is 0 Å². The van der Waals surface area contributed by atoms with Crippen LogP contribution in [0, 0.1) is 20.8 Å². The number of benzene rings is 1. The molecule has 0 aliphatic heterocycles. The molecule has 0 spiro atoms. The Hall–Kier alpha value is -1.19. The Kier molecular flexibility index (Phi) is 4.72. The van der Waals surface area contributed by atoms with E-state index in [0.29, 0.717) is 0 Å². The fraction of sp³-hybridized carbons (Fsp3) is 0.438. The van der Waals surface area contributed by atoms with E-state index in [1.54, 1.807) is 11.3 Å². The normalized spacial score (nSPS) is 12.6. The van der Waals surface area contributed by atoms with Gasteiger partial charge in [-0.15, -0.1) is 11.3 Å². The smallest absolute Gasteiger partial charge is 0.0897 e. The predicted octanol–water partition coefficient (Wildman–Crippen LogP) is 4.16. The van der Waals surface area contributed by atoms with E-state index in [2.05, 4.69) is 56.2 Å². The Bertz CT molecular complexity index is 545. The lowest BCUT2D eigenvalue weighted by Crippen LogP contribution is -2.23. The Morgan fingerprint density at radius 2 is 2.05 bits per heavy atom. The summed E-state index contributed by atoms with van der Waals surface area (Å²) in [7, 11) is 0. The second-order valence-corrected chi connectivity index (χ2v) is 6.30. The second-order valence-electron chi connectivity index (χ2n) is 5.03. The molecule has 1 aromatic carbocycles. The first kappa shape index (κ1) is 14.2. The molecule has 0 radical (unpaired) electrons. The van der Waals surface area contributed by atoms with Crippen molar-refractivity contribution in [2.75, 3.05) is 6.54 Å². The van der Waals surface area contributed by atoms with Gasteiger partial charge in [0.15, 0.2) is 0 Å². The van der Waals surface area contributed by atoms with Gasteiger partial charge in [0, 0.05) is 11.1 Å². The van der Waals surface area contributed by atoms with Crippen molar-refractivity contribution in [3.63, 3.8) is 0 Å². The van der Waals surface area contributed by atoms with Gasteiger partial charge in [0.05, 0.1) is 11.0 Å². The van der Waals surface area contributed by atoms with Crippen LogP contribution in [0.15, 0.2) is 24.4 Å². The highest BCUT2D eigenvalue weighted by molar-refractivity contribution is 7.11. The third kappa shape index (κ3) is 3.43. The van der Waals surface area contributed by atoms with Crippen LogP contribution in [0.2, 0.25) is 0 Å². The van der Waals surface area contributed by atoms with Gasteiger partial charge in [0.25, 0.3) is 0 Å². The summed E-state index contributed by atoms with van der Waals surface area (Å²) in [5.74, 6) is 0. The van der Waals surface area contributed by atoms with E-state index in [-0.39, 0.29) is 6.04 Å². The molecule has 1 unspecified atom stereocenters. The van der Waals surface area contributed by atoms with E-state index < -0.39 is 0 Å². The highest BCUT2D eigenvalue weighted by Gasteiger charge is 2.17. The molecule has 3 heteroatoms. The molecule has 2 aromatic rings. The standard InChI is InChI=1S/C16H22N2S/c1-5-8-17-16(15-10-18-13(4)19-15)14-7-6-11(2)9-12(14)3/h6-7,9-10,16-17H,5,8H2,1-4H3. The number of hydrogen-bond acceptors (Lipinski definition) is 3. The van der Waals surface area contributed by atoms with Crippen molar-refractivity contribution in [3.05, 3.63) is 51.0 Å². The zero-order chi connectivity index (χ0) is 13.8. The van der Waals surface area contributed by atoms with Gasteiger partial charge in [0.2, 0.25) is 0 Å². The van der Waals surface area contributed by atoms with Crippen molar-refractivity contribution >= 4 is 11.3 Å². The van der Waals surface area contributed by atoms with E-state index >= 15 is 0 Å². The summed E-state index contributed by atoms with van der Waals surface area (Å²) < 4.78 is 0. The predicted molar refractivity (Wildman–Crippen MR) is 82.9 cm³/mol. The molecule has 0 aliphatic rings. The van der Waals surface area contributed by atoms with E-state index in [1.807, 2.05) is 6.20 Å². The van der Waals surface area contributed by atoms with Gasteiger partial charge >= 0.3 is 0 Å². The maximum absolute atomic E-state index is 4.40. The summed E-state index contributed by atoms with van der Waals surface area (Å²) in [5.41, 5.74) is 4.03. The van der Waals surface area contributed by atoms with Crippen molar-refractivity contribution in [2.45, 2.75) is 40.2 Å². The van der Waals surface area contributed by atoms with Crippen molar-refractivity contribution < 1.29 is 0 Å². The van der Waals surface area contributed by atoms with Crippen LogP contribution in [-0.2, 0) is 0 Å². The van der Waals surface area contributed by atoms with Crippen molar-refractivity contribution in [3.8, 4) is 0 Å². The molecule has 0 bridgehead atoms. The molecule has 1 N–H and O–H groups in total. The molecule has 102 valence electrons. The SMILES string of the molecule is CCCNC(c1cnc(C)s1)c1ccc(C)cc1C. The molecule has 1 heterocycles. The fourth-order valence-electron chi connectivity index (χ4n) is 2.31. The minimum Gasteiger partial charge on any atom is -0.306 e. The molecule has 2 nitrogen and oxygen atoms in total. The van der Waals surface area contributed by atoms with Crippen LogP contribution in [0.3, 0.4) is 0 Å². The largest absolute Gasteiger partial charge is 0.306 e. The topological polar surface area (TPSA) is 24.9 Å². The minimum atomic E-state index is 0.270. The van der Waals surface area contributed by atoms with Crippen LogP contribution in [-0.4, -0.2) is 11.5 Å². The van der Waals surface area contributed by atoms with Crippen LogP contribution in [0.25, 0.3) is 0 Å². The number of aromatic nitrogens is 1. The van der Waals surface area contributed by atoms with Gasteiger partial charge in [-0.1, -0.05) is 30.7 Å². The summed E-state index contributed by atoms with van der Waals surface area (Å²) >= 11 is 1.78. The molecule has 0 amide bonds. The first-order valence-electron chi connectivity index (χ1n) is 6.84. The Balaban J connectivity index is 2.36. The molecular formula is C16H22N2S. The monoisotopic (exact) mass is 274 g/mol. The van der Waals surface area contributed by atoms with E-state index in [4.69, 9.17) is 0 Å². The second kappa shape index (κ2) is 6.31. The molecule has 0 fully saturated rings. The average molecular weight is 274 g/mol. The maximum atomic E-state index is 4.40. The first-order chi connectivity index (χ1) is 9.11. The summed E-state index contributed by atoms with van der Waals surface area (Å²) in [5, 5.41) is 4.77. The van der Waals surface area contributed by atoms with Crippen LogP contribution in [0.4, 0.5) is 0 Å². The van der Waals surface area contributed by atoms with Crippen LogP contribution < -0.4 is 5.32 Å². The maximum Gasteiger partial charge on any atom is 0.0897 e. The van der Waals surface area contributed by atoms with E-state index in [0.717, 1.165) is 18.0 Å². The van der Waals surface area contributed by atoms with Gasteiger partial charge < -0.3 is 5.32 Å². The number of aryl methyl sites for hydroxylation is 3. The average Bonchev–Trinajstić information content (AvgIpc) is 2.78. The van der Waals surface area contributed by atoms with Gasteiger partial charge in [-0.25, -0.2) is 4.98 Å². The van der Waals surface area contributed by atoms with E-state index in [9.17, 15) is 0 Å². The van der Waals surface area contributed by atoms with Crippen molar-refractivity contribution in [1.29, 1.82) is 0 Å². The first-order valence-corrected chi connectivity index (χ1v) is 7.66. The fourth-order valence-corrected chi connectivity index (χ4v) is 3.19. The van der Waals surface area contributed by atoms with Crippen molar-refractivity contribution in [2.24, 2.45) is 0 Å². The third-order valence-corrected chi connectivity index (χ3v) is 4.24. The Morgan fingerprint density at radius 3 is 2.63 bits per heavy atom. The van der Waals surface area contributed by atoms with Crippen LogP contribution >= 0.6 is 11.3 Å². The minimum absolute atomic E-state index is 0.270. The van der Waals surface area contributed by atoms with Crippen LogP contribution in [0.1, 0.15) is 46.0 Å². The molecule has 1 atom stereocenters. The molecule has 0 saturated heterocycles. The van der Waals surface area contributed by atoms with Gasteiger partial charge in [-0.05, 0) is 44.9 Å². The van der Waals surface area contributed by atoms with E-state index in [1.165, 1.54) is 21.6 Å². The summed E-state index contributed by atoms with van der Waals surface area (Å²) in [6.45, 7) is 9.62. The number of thiazole rings is 1. The number of nitrogens with one attached hydrogen (secondary N) is 1. The van der Waals surface area contributed by atoms with Gasteiger partial charge in [-0.3, -0.25) is 0 Å². The quantitative estimate of drug-likeness (QED) is 0.885. The molecule has 19 heavy (non-hydrogen) atoms.